The molecule has 8 nitrogen and oxygen atoms in total. The van der Waals surface area contributed by atoms with Crippen LogP contribution in [0.5, 0.6) is 0 Å². The number of ether oxygens (including phenoxy) is 1. The number of benzene rings is 2. The van der Waals surface area contributed by atoms with Gasteiger partial charge >= 0.3 is 5.97 Å². The fourth-order valence-corrected chi connectivity index (χ4v) is 3.98. The monoisotopic (exact) mass is 478 g/mol. The third-order valence-corrected chi connectivity index (χ3v) is 5.64. The normalized spacial score (nSPS) is 16.3. The lowest BCUT2D eigenvalue weighted by molar-refractivity contribution is -0.137. The van der Waals surface area contributed by atoms with E-state index in [9.17, 15) is 14.0 Å². The quantitative estimate of drug-likeness (QED) is 0.381. The van der Waals surface area contributed by atoms with Crippen LogP contribution in [0.25, 0.3) is 17.5 Å². The topological polar surface area (TPSA) is 97.6 Å². The summed E-state index contributed by atoms with van der Waals surface area (Å²) in [7, 11) is 0. The van der Waals surface area contributed by atoms with Crippen LogP contribution in [0.1, 0.15) is 37.1 Å². The summed E-state index contributed by atoms with van der Waals surface area (Å²) in [4.78, 5) is 30.5. The number of nitrogens with one attached hydrogen (secondary N) is 1. The van der Waals surface area contributed by atoms with Crippen LogP contribution in [0.2, 0.25) is 0 Å². The molecule has 0 radical (unpaired) electrons. The first-order valence-electron chi connectivity index (χ1n) is 11.6. The van der Waals surface area contributed by atoms with E-state index in [1.54, 1.807) is 37.3 Å². The van der Waals surface area contributed by atoms with Crippen molar-refractivity contribution in [1.82, 2.24) is 15.0 Å². The molecule has 1 fully saturated rings. The zero-order chi connectivity index (χ0) is 24.6. The van der Waals surface area contributed by atoms with Gasteiger partial charge in [0.1, 0.15) is 5.82 Å². The molecular weight excluding hydrogens is 451 g/mol. The molecule has 3 aromatic rings. The van der Waals surface area contributed by atoms with Crippen LogP contribution in [0.3, 0.4) is 0 Å². The molecule has 0 spiro atoms. The molecule has 0 saturated carbocycles. The van der Waals surface area contributed by atoms with Gasteiger partial charge in [-0.15, -0.1) is 0 Å². The molecule has 1 unspecified atom stereocenters. The molecule has 1 aromatic heterocycles. The highest BCUT2D eigenvalue weighted by atomic mass is 19.1. The minimum Gasteiger partial charge on any atom is -0.463 e. The predicted octanol–water partition coefficient (Wildman–Crippen LogP) is 4.27. The molecule has 2 aromatic carbocycles. The molecule has 1 aliphatic rings. The number of carbonyl (C=O) groups is 2. The standard InChI is InChI=1S/C26H27FN4O4/c1-2-34-24(33)13-10-18-8-11-22(12-9-18)28-23(32)17-31-14-4-6-20(16-31)26-29-25(30-35-26)19-5-3-7-21(27)15-19/h3,5,7-13,15,20H,2,4,6,14,16-17H2,1H3,(H,28,32)/b13-10+. The summed E-state index contributed by atoms with van der Waals surface area (Å²) >= 11 is 0. The number of amides is 1. The van der Waals surface area contributed by atoms with Gasteiger partial charge < -0.3 is 14.6 Å². The number of carbonyl (C=O) groups excluding carboxylic acids is 2. The highest BCUT2D eigenvalue weighted by Crippen LogP contribution is 2.27. The van der Waals surface area contributed by atoms with Crippen molar-refractivity contribution in [2.75, 3.05) is 31.6 Å². The third-order valence-electron chi connectivity index (χ3n) is 5.64. The van der Waals surface area contributed by atoms with Gasteiger partial charge in [-0.25, -0.2) is 9.18 Å². The maximum absolute atomic E-state index is 13.5. The summed E-state index contributed by atoms with van der Waals surface area (Å²) in [5, 5.41) is 6.91. The molecule has 1 saturated heterocycles. The molecule has 4 rings (SSSR count). The minimum atomic E-state index is -0.393. The van der Waals surface area contributed by atoms with E-state index in [1.807, 2.05) is 12.1 Å². The number of halogens is 1. The maximum Gasteiger partial charge on any atom is 0.330 e. The van der Waals surface area contributed by atoms with Crippen molar-refractivity contribution >= 4 is 23.6 Å². The summed E-state index contributed by atoms with van der Waals surface area (Å²) in [6, 6.07) is 13.3. The molecule has 182 valence electrons. The number of esters is 1. The van der Waals surface area contributed by atoms with Gasteiger partial charge in [-0.2, -0.15) is 4.98 Å². The van der Waals surface area contributed by atoms with Gasteiger partial charge in [0.2, 0.25) is 17.6 Å². The second-order valence-corrected chi connectivity index (χ2v) is 8.30. The number of anilines is 1. The molecular formula is C26H27FN4O4. The van der Waals surface area contributed by atoms with E-state index >= 15 is 0 Å². The van der Waals surface area contributed by atoms with Crippen molar-refractivity contribution < 1.29 is 23.2 Å². The van der Waals surface area contributed by atoms with Crippen LogP contribution in [-0.2, 0) is 14.3 Å². The fraction of sp³-hybridized carbons (Fsp3) is 0.308. The number of rotatable bonds is 8. The molecule has 1 atom stereocenters. The van der Waals surface area contributed by atoms with E-state index in [0.717, 1.165) is 24.9 Å². The van der Waals surface area contributed by atoms with Crippen molar-refractivity contribution in [3.05, 3.63) is 71.9 Å². The highest BCUT2D eigenvalue weighted by molar-refractivity contribution is 5.92. The van der Waals surface area contributed by atoms with Gasteiger partial charge in [0.25, 0.3) is 0 Å². The Bertz CT molecular complexity index is 1190. The molecule has 0 aliphatic carbocycles. The van der Waals surface area contributed by atoms with E-state index in [2.05, 4.69) is 20.4 Å². The Balaban J connectivity index is 1.30. The van der Waals surface area contributed by atoms with Crippen molar-refractivity contribution in [2.45, 2.75) is 25.7 Å². The smallest absolute Gasteiger partial charge is 0.330 e. The van der Waals surface area contributed by atoms with Crippen molar-refractivity contribution in [2.24, 2.45) is 0 Å². The first-order valence-corrected chi connectivity index (χ1v) is 11.6. The van der Waals surface area contributed by atoms with E-state index in [0.29, 0.717) is 36.1 Å². The number of likely N-dealkylation sites (tertiary alicyclic amines) is 1. The number of aromatic nitrogens is 2. The number of hydrogen-bond acceptors (Lipinski definition) is 7. The average Bonchev–Trinajstić information content (AvgIpc) is 3.35. The fourth-order valence-electron chi connectivity index (χ4n) is 3.98. The molecule has 2 heterocycles. The zero-order valence-corrected chi connectivity index (χ0v) is 19.4. The highest BCUT2D eigenvalue weighted by Gasteiger charge is 2.27. The van der Waals surface area contributed by atoms with Gasteiger partial charge in [0.15, 0.2) is 0 Å². The Hall–Kier alpha value is -3.85. The largest absolute Gasteiger partial charge is 0.463 e. The van der Waals surface area contributed by atoms with Crippen LogP contribution >= 0.6 is 0 Å². The number of hydrogen-bond donors (Lipinski definition) is 1. The lowest BCUT2D eigenvalue weighted by Crippen LogP contribution is -2.39. The van der Waals surface area contributed by atoms with Crippen LogP contribution in [0, 0.1) is 5.82 Å². The van der Waals surface area contributed by atoms with E-state index in [1.165, 1.54) is 18.2 Å². The second-order valence-electron chi connectivity index (χ2n) is 8.30. The molecule has 35 heavy (non-hydrogen) atoms. The van der Waals surface area contributed by atoms with Crippen molar-refractivity contribution in [3.63, 3.8) is 0 Å². The Morgan fingerprint density at radius 3 is 2.86 bits per heavy atom. The Morgan fingerprint density at radius 2 is 2.09 bits per heavy atom. The van der Waals surface area contributed by atoms with Gasteiger partial charge in [-0.1, -0.05) is 29.4 Å². The summed E-state index contributed by atoms with van der Waals surface area (Å²) in [5.74, 6) is 0.000864. The first kappa shape index (κ1) is 24.3. The number of nitrogens with zero attached hydrogens (tertiary/aromatic N) is 3. The predicted molar refractivity (Wildman–Crippen MR) is 129 cm³/mol. The summed E-state index contributed by atoms with van der Waals surface area (Å²) in [6.07, 6.45) is 4.81. The zero-order valence-electron chi connectivity index (χ0n) is 19.4. The minimum absolute atomic E-state index is 0.0110. The van der Waals surface area contributed by atoms with Crippen LogP contribution in [0.4, 0.5) is 10.1 Å². The summed E-state index contributed by atoms with van der Waals surface area (Å²) in [5.41, 5.74) is 2.06. The maximum atomic E-state index is 13.5. The van der Waals surface area contributed by atoms with Gasteiger partial charge in [-0.05, 0) is 62.2 Å². The molecule has 1 amide bonds. The molecule has 9 heteroatoms. The summed E-state index contributed by atoms with van der Waals surface area (Å²) in [6.45, 7) is 3.74. The third kappa shape index (κ3) is 6.83. The van der Waals surface area contributed by atoms with E-state index < -0.39 is 5.97 Å². The lowest BCUT2D eigenvalue weighted by Gasteiger charge is -2.30. The lowest BCUT2D eigenvalue weighted by atomic mass is 9.98. The van der Waals surface area contributed by atoms with Gasteiger partial charge in [0, 0.05) is 23.9 Å². The Kier molecular flexibility index (Phi) is 7.99. The molecule has 1 aliphatic heterocycles. The molecule has 1 N–H and O–H groups in total. The summed E-state index contributed by atoms with van der Waals surface area (Å²) < 4.78 is 23.8. The first-order chi connectivity index (χ1) is 17.0. The SMILES string of the molecule is CCOC(=O)/C=C/c1ccc(NC(=O)CN2CCCC(c3nc(-c4cccc(F)c4)no3)C2)cc1. The van der Waals surface area contributed by atoms with E-state index in [4.69, 9.17) is 9.26 Å². The molecule has 0 bridgehead atoms. The van der Waals surface area contributed by atoms with Gasteiger partial charge in [-0.3, -0.25) is 9.69 Å². The number of piperidine rings is 1. The van der Waals surface area contributed by atoms with Crippen molar-refractivity contribution in [1.29, 1.82) is 0 Å². The van der Waals surface area contributed by atoms with Crippen LogP contribution < -0.4 is 5.32 Å². The van der Waals surface area contributed by atoms with Crippen LogP contribution in [-0.4, -0.2) is 53.2 Å². The Labute approximate surface area is 202 Å². The van der Waals surface area contributed by atoms with Crippen LogP contribution in [0.15, 0.2) is 59.1 Å². The second kappa shape index (κ2) is 11.5. The Morgan fingerprint density at radius 1 is 1.26 bits per heavy atom. The van der Waals surface area contributed by atoms with Crippen molar-refractivity contribution in [3.8, 4) is 11.4 Å². The van der Waals surface area contributed by atoms with Gasteiger partial charge in [0.05, 0.1) is 19.1 Å². The van der Waals surface area contributed by atoms with E-state index in [-0.39, 0.29) is 24.2 Å². The average molecular weight is 479 g/mol.